The summed E-state index contributed by atoms with van der Waals surface area (Å²) in [6, 6.07) is 0. The van der Waals surface area contributed by atoms with E-state index in [1.165, 1.54) is 12.2 Å². The molecule has 15 heteroatoms. The average Bonchev–Trinajstić information content (AvgIpc) is 3.43. The Morgan fingerprint density at radius 3 is 1.68 bits per heavy atom. The number of hydrogen-bond acceptors (Lipinski definition) is 12. The van der Waals surface area contributed by atoms with Gasteiger partial charge in [0.15, 0.2) is 0 Å². The van der Waals surface area contributed by atoms with Crippen LogP contribution in [0, 0.1) is 0 Å². The molecule has 0 radical (unpaired) electrons. The van der Waals surface area contributed by atoms with Gasteiger partial charge in [-0.05, 0) is 12.8 Å². The first-order valence-corrected chi connectivity index (χ1v) is 13.4. The highest BCUT2D eigenvalue weighted by Crippen LogP contribution is 2.14. The van der Waals surface area contributed by atoms with E-state index < -0.39 is 17.8 Å². The minimum atomic E-state index is -0.640. The zero-order valence-corrected chi connectivity index (χ0v) is 23.5. The van der Waals surface area contributed by atoms with Crippen molar-refractivity contribution in [3.8, 4) is 0 Å². The molecule has 2 rings (SSSR count). The highest BCUT2D eigenvalue weighted by Gasteiger charge is 2.32. The summed E-state index contributed by atoms with van der Waals surface area (Å²) in [4.78, 5) is 72.9. The number of rotatable bonds is 22. The van der Waals surface area contributed by atoms with Gasteiger partial charge in [-0.1, -0.05) is 6.42 Å². The van der Waals surface area contributed by atoms with E-state index in [0.29, 0.717) is 90.3 Å². The summed E-state index contributed by atoms with van der Waals surface area (Å²) >= 11 is 0. The number of hydrogen-bond donors (Lipinski definition) is 1. The van der Waals surface area contributed by atoms with E-state index in [1.807, 2.05) is 0 Å². The van der Waals surface area contributed by atoms with Gasteiger partial charge < -0.3 is 34.3 Å². The molecule has 0 saturated carbocycles. The maximum atomic E-state index is 11.5. The van der Waals surface area contributed by atoms with Crippen molar-refractivity contribution in [2.24, 2.45) is 5.73 Å². The number of nitrogens with two attached hydrogens (primary N) is 1. The molecule has 0 atom stereocenters. The lowest BCUT2D eigenvalue weighted by Gasteiger charge is -2.14. The van der Waals surface area contributed by atoms with Crippen LogP contribution in [0.1, 0.15) is 44.9 Å². The lowest BCUT2D eigenvalue weighted by atomic mass is 10.2. The number of unbranched alkanes of at least 4 members (excludes halogenated alkanes) is 2. The quantitative estimate of drug-likeness (QED) is 0.128. The molecule has 41 heavy (non-hydrogen) atoms. The number of carbonyl (C=O) groups excluding carboxylic acids is 6. The van der Waals surface area contributed by atoms with Crippen molar-refractivity contribution in [2.45, 2.75) is 44.9 Å². The van der Waals surface area contributed by atoms with Crippen LogP contribution >= 0.6 is 0 Å². The van der Waals surface area contributed by atoms with Crippen molar-refractivity contribution >= 4 is 35.5 Å². The van der Waals surface area contributed by atoms with Crippen LogP contribution in [0.2, 0.25) is 0 Å². The number of nitrogens with zero attached hydrogens (tertiary/aromatic N) is 2. The number of methoxy groups -OCH3 is 1. The Bertz CT molecular complexity index is 846. The van der Waals surface area contributed by atoms with Crippen LogP contribution in [-0.4, -0.2) is 119 Å². The molecule has 2 aliphatic heterocycles. The van der Waals surface area contributed by atoms with Gasteiger partial charge in [-0.15, -0.1) is 5.06 Å². The second-order valence-corrected chi connectivity index (χ2v) is 8.68. The van der Waals surface area contributed by atoms with Crippen LogP contribution in [-0.2, 0) is 57.3 Å². The van der Waals surface area contributed by atoms with E-state index in [1.54, 1.807) is 7.11 Å². The molecule has 232 valence electrons. The summed E-state index contributed by atoms with van der Waals surface area (Å²) in [7, 11) is 1.63. The molecule has 1 saturated heterocycles. The van der Waals surface area contributed by atoms with Crippen LogP contribution in [0.15, 0.2) is 12.2 Å². The van der Waals surface area contributed by atoms with Crippen molar-refractivity contribution < 1.29 is 57.3 Å². The van der Waals surface area contributed by atoms with Crippen LogP contribution < -0.4 is 5.73 Å². The summed E-state index contributed by atoms with van der Waals surface area (Å²) in [5.74, 6) is -2.65. The Balaban J connectivity index is 0.000000416. The molecule has 0 aromatic carbocycles. The van der Waals surface area contributed by atoms with Crippen LogP contribution in [0.3, 0.4) is 0 Å². The first kappa shape index (κ1) is 35.8. The Kier molecular flexibility index (Phi) is 19.6. The van der Waals surface area contributed by atoms with Crippen molar-refractivity contribution in [3.63, 3.8) is 0 Å². The number of primary amides is 1. The summed E-state index contributed by atoms with van der Waals surface area (Å²) in [6.45, 7) is 4.89. The van der Waals surface area contributed by atoms with Crippen LogP contribution in [0.5, 0.6) is 0 Å². The van der Waals surface area contributed by atoms with Gasteiger partial charge in [0.25, 0.3) is 23.6 Å². The topological polar surface area (TPSA) is 190 Å². The Labute approximate surface area is 239 Å². The molecule has 1 fully saturated rings. The largest absolute Gasteiger partial charge is 0.382 e. The Morgan fingerprint density at radius 2 is 1.20 bits per heavy atom. The molecule has 0 bridgehead atoms. The number of amides is 5. The molecule has 0 unspecified atom stereocenters. The summed E-state index contributed by atoms with van der Waals surface area (Å²) in [5.41, 5.74) is 4.96. The summed E-state index contributed by atoms with van der Waals surface area (Å²) < 4.78 is 25.7. The second kappa shape index (κ2) is 22.4. The zero-order valence-electron chi connectivity index (χ0n) is 23.5. The molecule has 0 spiro atoms. The monoisotopic (exact) mass is 587 g/mol. The molecule has 5 amide bonds. The predicted molar refractivity (Wildman–Crippen MR) is 140 cm³/mol. The fraction of sp³-hybridized carbons (Fsp3) is 0.692. The first-order valence-electron chi connectivity index (χ1n) is 13.4. The molecular weight excluding hydrogens is 546 g/mol. The predicted octanol–water partition coefficient (Wildman–Crippen LogP) is -0.346. The van der Waals surface area contributed by atoms with Gasteiger partial charge in [0, 0.05) is 51.5 Å². The fourth-order valence-corrected chi connectivity index (χ4v) is 3.25. The number of hydroxylamine groups is 2. The molecular formula is C26H41N3O12. The zero-order chi connectivity index (χ0) is 30.3. The molecule has 2 N–H and O–H groups in total. The third-order valence-electron chi connectivity index (χ3n) is 5.40. The summed E-state index contributed by atoms with van der Waals surface area (Å²) in [5, 5.41) is 0.523. The van der Waals surface area contributed by atoms with Gasteiger partial charge >= 0.3 is 5.97 Å². The van der Waals surface area contributed by atoms with Gasteiger partial charge in [-0.3, -0.25) is 28.9 Å². The van der Waals surface area contributed by atoms with Crippen LogP contribution in [0.25, 0.3) is 0 Å². The number of ether oxygens (including phenoxy) is 5. The minimum absolute atomic E-state index is 0.0667. The Hall–Kier alpha value is -3.24. The van der Waals surface area contributed by atoms with E-state index in [4.69, 9.17) is 34.3 Å². The molecule has 0 aliphatic carbocycles. The van der Waals surface area contributed by atoms with E-state index in [0.717, 1.165) is 4.90 Å². The van der Waals surface area contributed by atoms with Crippen molar-refractivity contribution in [2.75, 3.05) is 73.1 Å². The number of imide groups is 2. The Morgan fingerprint density at radius 1 is 0.707 bits per heavy atom. The standard InChI is InChI=1S/C14H16N2O6.C12H25NO6/c17-10-5-6-11(18)15(10)9-3-1-2-4-14(21)22-16-12(19)7-8-13(16)20;1-15-4-5-17-8-9-19-11-10-18-7-6-16-3-2-12(13)14/h5-6H,1-4,7-9H2;2-11H2,1H3,(H2,13,14). The third-order valence-corrected chi connectivity index (χ3v) is 5.40. The van der Waals surface area contributed by atoms with Gasteiger partial charge in [0.2, 0.25) is 5.91 Å². The minimum Gasteiger partial charge on any atom is -0.382 e. The SMILES string of the molecule is COCCOCCOCCOCCOCCC(N)=O.O=C(CCCCCN1C(=O)C=CC1=O)ON1C(=O)CCC1=O. The summed E-state index contributed by atoms with van der Waals surface area (Å²) in [6.07, 6.45) is 4.58. The maximum absolute atomic E-state index is 11.5. The van der Waals surface area contributed by atoms with Gasteiger partial charge in [-0.2, -0.15) is 0 Å². The molecule has 0 aromatic rings. The first-order chi connectivity index (χ1) is 19.8. The van der Waals surface area contributed by atoms with E-state index in [9.17, 15) is 28.8 Å². The highest BCUT2D eigenvalue weighted by molar-refractivity contribution is 6.12. The average molecular weight is 588 g/mol. The van der Waals surface area contributed by atoms with E-state index in [2.05, 4.69) is 0 Å². The molecule has 2 aliphatic rings. The van der Waals surface area contributed by atoms with Crippen LogP contribution in [0.4, 0.5) is 0 Å². The lowest BCUT2D eigenvalue weighted by molar-refractivity contribution is -0.197. The molecule has 15 nitrogen and oxygen atoms in total. The van der Waals surface area contributed by atoms with Crippen molar-refractivity contribution in [1.82, 2.24) is 9.96 Å². The van der Waals surface area contributed by atoms with Gasteiger partial charge in [0.1, 0.15) is 0 Å². The van der Waals surface area contributed by atoms with E-state index in [-0.39, 0.29) is 43.4 Å². The van der Waals surface area contributed by atoms with Gasteiger partial charge in [-0.25, -0.2) is 4.79 Å². The maximum Gasteiger partial charge on any atom is 0.333 e. The lowest BCUT2D eigenvalue weighted by Crippen LogP contribution is -2.32. The fourth-order valence-electron chi connectivity index (χ4n) is 3.25. The highest BCUT2D eigenvalue weighted by atomic mass is 16.7. The normalized spacial score (nSPS) is 14.6. The number of carbonyl (C=O) groups is 6. The van der Waals surface area contributed by atoms with E-state index >= 15 is 0 Å². The molecule has 0 aromatic heterocycles. The second-order valence-electron chi connectivity index (χ2n) is 8.68. The molecule has 2 heterocycles. The third kappa shape index (κ3) is 17.2. The van der Waals surface area contributed by atoms with Crippen molar-refractivity contribution in [1.29, 1.82) is 0 Å². The van der Waals surface area contributed by atoms with Gasteiger partial charge in [0.05, 0.1) is 59.5 Å². The smallest absolute Gasteiger partial charge is 0.333 e. The van der Waals surface area contributed by atoms with Crippen molar-refractivity contribution in [3.05, 3.63) is 12.2 Å².